The predicted octanol–water partition coefficient (Wildman–Crippen LogP) is 1.81. The van der Waals surface area contributed by atoms with E-state index in [1.165, 1.54) is 36.8 Å². The number of likely N-dealkylation sites (tertiary alicyclic amines) is 1. The van der Waals surface area contributed by atoms with Gasteiger partial charge in [0.05, 0.1) is 28.7 Å². The van der Waals surface area contributed by atoms with Gasteiger partial charge in [-0.25, -0.2) is 41.9 Å². The molecular weight excluding hydrogens is 468 g/mol. The van der Waals surface area contributed by atoms with Crippen molar-refractivity contribution in [1.82, 2.24) is 29.6 Å². The Morgan fingerprint density at radius 3 is 2.56 bits per heavy atom. The van der Waals surface area contributed by atoms with E-state index >= 15 is 0 Å². The molecule has 1 fully saturated rings. The predicted molar refractivity (Wildman–Crippen MR) is 121 cm³/mol. The van der Waals surface area contributed by atoms with E-state index in [1.54, 1.807) is 6.07 Å². The van der Waals surface area contributed by atoms with E-state index in [4.69, 9.17) is 10.5 Å². The first kappa shape index (κ1) is 23.9. The Balaban J connectivity index is 1.71. The lowest BCUT2D eigenvalue weighted by molar-refractivity contribution is 0.0796. The Morgan fingerprint density at radius 2 is 1.94 bits per heavy atom. The first-order valence-corrected chi connectivity index (χ1v) is 11.9. The van der Waals surface area contributed by atoms with Crippen LogP contribution in [0.15, 0.2) is 47.8 Å². The van der Waals surface area contributed by atoms with Gasteiger partial charge in [-0.2, -0.15) is 0 Å². The third-order valence-corrected chi connectivity index (χ3v) is 6.65. The number of hydrogen-bond acceptors (Lipinski definition) is 9. The molecule has 0 aliphatic carbocycles. The average Bonchev–Trinajstić information content (AvgIpc) is 3.22. The minimum atomic E-state index is -3.88. The maximum absolute atomic E-state index is 13.2. The number of nitrogens with zero attached hydrogens (tertiary/aromatic N) is 5. The third kappa shape index (κ3) is 5.79. The molecule has 13 heteroatoms. The standard InChI is InChI=1S/C21H23F2N7O3S/c1-30-5-4-14(11-30)29-34(31,32)15-6-16(13-2-3-21(27-8-13)33-12-19(22)23)28-17(7-15)18-9-26-20(24)10-25-18/h2-3,6-10,14,19,29H,4-5,11-12H2,1H3,(H2,24,26)/t14-/m0/s1. The molecule has 0 saturated carbocycles. The summed E-state index contributed by atoms with van der Waals surface area (Å²) in [4.78, 5) is 18.8. The fourth-order valence-corrected chi connectivity index (χ4v) is 4.80. The van der Waals surface area contributed by atoms with Gasteiger partial charge in [-0.1, -0.05) is 0 Å². The Labute approximate surface area is 195 Å². The summed E-state index contributed by atoms with van der Waals surface area (Å²) in [5, 5.41) is 0. The van der Waals surface area contributed by atoms with Gasteiger partial charge in [-0.15, -0.1) is 0 Å². The molecule has 180 valence electrons. The number of rotatable bonds is 8. The topological polar surface area (TPSA) is 136 Å². The van der Waals surface area contributed by atoms with Crippen LogP contribution in [0, 0.1) is 0 Å². The van der Waals surface area contributed by atoms with Crippen LogP contribution in [0.4, 0.5) is 14.6 Å². The smallest absolute Gasteiger partial charge is 0.272 e. The van der Waals surface area contributed by atoms with Crippen molar-refractivity contribution in [1.29, 1.82) is 0 Å². The Kier molecular flexibility index (Phi) is 6.95. The highest BCUT2D eigenvalue weighted by Crippen LogP contribution is 2.27. The molecule has 34 heavy (non-hydrogen) atoms. The normalized spacial score (nSPS) is 16.8. The highest BCUT2D eigenvalue weighted by atomic mass is 32.2. The molecular formula is C21H23F2N7O3S. The van der Waals surface area contributed by atoms with E-state index < -0.39 is 23.1 Å². The van der Waals surface area contributed by atoms with Gasteiger partial charge in [-0.05, 0) is 38.2 Å². The number of pyridine rings is 2. The summed E-state index contributed by atoms with van der Waals surface area (Å²) in [7, 11) is -1.95. The van der Waals surface area contributed by atoms with Crippen LogP contribution in [0.25, 0.3) is 22.6 Å². The molecule has 1 saturated heterocycles. The maximum Gasteiger partial charge on any atom is 0.272 e. The number of halogens is 2. The summed E-state index contributed by atoms with van der Waals surface area (Å²) in [6.45, 7) is 0.629. The zero-order valence-electron chi connectivity index (χ0n) is 18.2. The lowest BCUT2D eigenvalue weighted by Gasteiger charge is -2.15. The monoisotopic (exact) mass is 491 g/mol. The number of aromatic nitrogens is 4. The van der Waals surface area contributed by atoms with E-state index in [-0.39, 0.29) is 28.3 Å². The molecule has 1 atom stereocenters. The van der Waals surface area contributed by atoms with Crippen molar-refractivity contribution < 1.29 is 21.9 Å². The summed E-state index contributed by atoms with van der Waals surface area (Å²) < 4.78 is 58.8. The minimum absolute atomic E-state index is 0.00120. The summed E-state index contributed by atoms with van der Waals surface area (Å²) in [5.74, 6) is 0.229. The number of alkyl halides is 2. The van der Waals surface area contributed by atoms with Crippen molar-refractivity contribution in [3.63, 3.8) is 0 Å². The van der Waals surface area contributed by atoms with E-state index in [9.17, 15) is 17.2 Å². The van der Waals surface area contributed by atoms with Gasteiger partial charge in [0.2, 0.25) is 15.9 Å². The maximum atomic E-state index is 13.2. The minimum Gasteiger partial charge on any atom is -0.472 e. The first-order valence-electron chi connectivity index (χ1n) is 10.4. The van der Waals surface area contributed by atoms with Crippen LogP contribution in [-0.4, -0.2) is 72.5 Å². The molecule has 0 amide bonds. The molecule has 3 aromatic rings. The molecule has 10 nitrogen and oxygen atoms in total. The Hall–Kier alpha value is -3.29. The van der Waals surface area contributed by atoms with Crippen molar-refractivity contribution in [3.05, 3.63) is 42.9 Å². The molecule has 3 N–H and O–H groups in total. The van der Waals surface area contributed by atoms with Crippen molar-refractivity contribution in [2.45, 2.75) is 23.8 Å². The second-order valence-electron chi connectivity index (χ2n) is 7.86. The Morgan fingerprint density at radius 1 is 1.15 bits per heavy atom. The SMILES string of the molecule is CN1CC[C@H](NS(=O)(=O)c2cc(-c3ccc(OCC(F)F)nc3)nc(-c3cnc(N)cn3)c2)C1. The van der Waals surface area contributed by atoms with Crippen LogP contribution in [0.2, 0.25) is 0 Å². The fraction of sp³-hybridized carbons (Fsp3) is 0.333. The zero-order chi connectivity index (χ0) is 24.3. The number of anilines is 1. The van der Waals surface area contributed by atoms with E-state index in [2.05, 4.69) is 24.7 Å². The van der Waals surface area contributed by atoms with Gasteiger partial charge in [0.1, 0.15) is 11.5 Å². The molecule has 3 aromatic heterocycles. The summed E-state index contributed by atoms with van der Waals surface area (Å²) in [6, 6.07) is 5.60. The zero-order valence-corrected chi connectivity index (χ0v) is 19.0. The van der Waals surface area contributed by atoms with Gasteiger partial charge in [-0.3, -0.25) is 0 Å². The lowest BCUT2D eigenvalue weighted by atomic mass is 10.1. The number of likely N-dealkylation sites (N-methyl/N-ethyl adjacent to an activating group) is 1. The van der Waals surface area contributed by atoms with Crippen LogP contribution in [-0.2, 0) is 10.0 Å². The van der Waals surface area contributed by atoms with Crippen LogP contribution < -0.4 is 15.2 Å². The van der Waals surface area contributed by atoms with E-state index in [0.29, 0.717) is 29.9 Å². The second-order valence-corrected chi connectivity index (χ2v) is 9.57. The lowest BCUT2D eigenvalue weighted by Crippen LogP contribution is -2.36. The first-order chi connectivity index (χ1) is 16.2. The number of hydrogen-bond donors (Lipinski definition) is 2. The fourth-order valence-electron chi connectivity index (χ4n) is 3.49. The average molecular weight is 492 g/mol. The summed E-state index contributed by atoms with van der Waals surface area (Å²) >= 11 is 0. The molecule has 1 aliphatic heterocycles. The highest BCUT2D eigenvalue weighted by molar-refractivity contribution is 7.89. The van der Waals surface area contributed by atoms with Gasteiger partial charge in [0.25, 0.3) is 6.43 Å². The van der Waals surface area contributed by atoms with Crippen molar-refractivity contribution in [2.75, 3.05) is 32.5 Å². The molecule has 1 aliphatic rings. The molecule has 0 radical (unpaired) electrons. The van der Waals surface area contributed by atoms with Gasteiger partial charge >= 0.3 is 0 Å². The molecule has 4 rings (SSSR count). The third-order valence-electron chi connectivity index (χ3n) is 5.15. The van der Waals surface area contributed by atoms with Gasteiger partial charge in [0, 0.05) is 30.4 Å². The quantitative estimate of drug-likeness (QED) is 0.483. The Bertz CT molecular complexity index is 1240. The number of nitrogens with one attached hydrogen (secondary N) is 1. The molecule has 0 unspecified atom stereocenters. The van der Waals surface area contributed by atoms with E-state index in [0.717, 1.165) is 6.54 Å². The summed E-state index contributed by atoms with van der Waals surface area (Å²) in [5.41, 5.74) is 6.98. The van der Waals surface area contributed by atoms with Crippen molar-refractivity contribution >= 4 is 15.8 Å². The van der Waals surface area contributed by atoms with Crippen LogP contribution in [0.1, 0.15) is 6.42 Å². The van der Waals surface area contributed by atoms with Crippen LogP contribution >= 0.6 is 0 Å². The van der Waals surface area contributed by atoms with Crippen LogP contribution in [0.5, 0.6) is 5.88 Å². The molecule has 0 bridgehead atoms. The van der Waals surface area contributed by atoms with Crippen LogP contribution in [0.3, 0.4) is 0 Å². The summed E-state index contributed by atoms with van der Waals surface area (Å²) in [6.07, 6.45) is 2.20. The number of nitrogens with two attached hydrogens (primary N) is 1. The number of nitrogen functional groups attached to an aromatic ring is 1. The number of sulfonamides is 1. The largest absolute Gasteiger partial charge is 0.472 e. The van der Waals surface area contributed by atoms with Gasteiger partial charge in [0.15, 0.2) is 6.61 Å². The molecule has 4 heterocycles. The number of ether oxygens (including phenoxy) is 1. The van der Waals surface area contributed by atoms with Crippen molar-refractivity contribution in [3.8, 4) is 28.5 Å². The van der Waals surface area contributed by atoms with Crippen molar-refractivity contribution in [2.24, 2.45) is 0 Å². The molecule has 0 aromatic carbocycles. The van der Waals surface area contributed by atoms with Gasteiger partial charge < -0.3 is 15.4 Å². The highest BCUT2D eigenvalue weighted by Gasteiger charge is 2.26. The molecule has 0 spiro atoms. The second kappa shape index (κ2) is 9.91. The van der Waals surface area contributed by atoms with E-state index in [1.807, 2.05) is 11.9 Å².